The third kappa shape index (κ3) is 4.67. The number of ether oxygens (including phenoxy) is 1. The van der Waals surface area contributed by atoms with E-state index in [1.54, 1.807) is 24.4 Å². The Kier molecular flexibility index (Phi) is 5.91. The van der Waals surface area contributed by atoms with E-state index in [4.69, 9.17) is 4.74 Å². The van der Waals surface area contributed by atoms with Gasteiger partial charge in [-0.1, -0.05) is 19.4 Å². The second kappa shape index (κ2) is 8.12. The molecule has 1 heterocycles. The van der Waals surface area contributed by atoms with Crippen molar-refractivity contribution >= 4 is 23.4 Å². The molecule has 0 spiro atoms. The van der Waals surface area contributed by atoms with Crippen LogP contribution in [0.1, 0.15) is 30.1 Å². The van der Waals surface area contributed by atoms with Crippen molar-refractivity contribution in [2.24, 2.45) is 0 Å². The van der Waals surface area contributed by atoms with E-state index in [2.05, 4.69) is 27.1 Å². The number of anilines is 3. The fourth-order valence-electron chi connectivity index (χ4n) is 2.10. The number of benzene rings is 1. The van der Waals surface area contributed by atoms with Crippen LogP contribution < -0.4 is 10.2 Å². The zero-order chi connectivity index (χ0) is 16.7. The molecule has 0 radical (unpaired) electrons. The van der Waals surface area contributed by atoms with Gasteiger partial charge in [0.2, 0.25) is 5.95 Å². The van der Waals surface area contributed by atoms with Crippen LogP contribution >= 0.6 is 0 Å². The molecule has 0 atom stereocenters. The van der Waals surface area contributed by atoms with Crippen LogP contribution in [0.5, 0.6) is 0 Å². The number of carbonyl (C=O) groups excluding carboxylic acids is 1. The highest BCUT2D eigenvalue weighted by molar-refractivity contribution is 5.90. The minimum atomic E-state index is -0.373. The maximum atomic E-state index is 11.6. The summed E-state index contributed by atoms with van der Waals surface area (Å²) in [4.78, 5) is 22.4. The number of rotatable bonds is 7. The number of methoxy groups -OCH3 is 1. The average molecular weight is 314 g/mol. The molecule has 0 aliphatic heterocycles. The lowest BCUT2D eigenvalue weighted by Gasteiger charge is -2.18. The van der Waals surface area contributed by atoms with Crippen molar-refractivity contribution in [2.75, 3.05) is 30.9 Å². The highest BCUT2D eigenvalue weighted by atomic mass is 16.5. The Labute approximate surface area is 136 Å². The standard InChI is InChI=1S/C17H22N4O2/c1-4-5-11-21(2)15-9-10-18-17(20-15)19-14-8-6-7-13(12-14)16(22)23-3/h6-10,12H,4-5,11H2,1-3H3,(H,18,19,20). The van der Waals surface area contributed by atoms with Gasteiger partial charge < -0.3 is 15.0 Å². The second-order valence-electron chi connectivity index (χ2n) is 5.21. The Hall–Kier alpha value is -2.63. The number of nitrogens with one attached hydrogen (secondary N) is 1. The van der Waals surface area contributed by atoms with Crippen molar-refractivity contribution < 1.29 is 9.53 Å². The smallest absolute Gasteiger partial charge is 0.337 e. The Bertz CT molecular complexity index is 661. The predicted octanol–water partition coefficient (Wildman–Crippen LogP) is 3.24. The Morgan fingerprint density at radius 3 is 2.91 bits per heavy atom. The molecule has 6 heteroatoms. The lowest BCUT2D eigenvalue weighted by molar-refractivity contribution is 0.0601. The van der Waals surface area contributed by atoms with E-state index < -0.39 is 0 Å². The van der Waals surface area contributed by atoms with Gasteiger partial charge in [-0.2, -0.15) is 4.98 Å². The third-order valence-electron chi connectivity index (χ3n) is 3.42. The van der Waals surface area contributed by atoms with E-state index >= 15 is 0 Å². The van der Waals surface area contributed by atoms with Crippen molar-refractivity contribution in [3.63, 3.8) is 0 Å². The van der Waals surface area contributed by atoms with Crippen LogP contribution in [-0.4, -0.2) is 36.6 Å². The van der Waals surface area contributed by atoms with E-state index in [1.807, 2.05) is 19.2 Å². The molecule has 1 aromatic carbocycles. The summed E-state index contributed by atoms with van der Waals surface area (Å²) in [5.41, 5.74) is 1.22. The van der Waals surface area contributed by atoms with Gasteiger partial charge in [0.05, 0.1) is 12.7 Å². The van der Waals surface area contributed by atoms with Crippen molar-refractivity contribution in [3.8, 4) is 0 Å². The van der Waals surface area contributed by atoms with Gasteiger partial charge in [0.25, 0.3) is 0 Å². The maximum Gasteiger partial charge on any atom is 0.337 e. The SMILES string of the molecule is CCCCN(C)c1ccnc(Nc2cccc(C(=O)OC)c2)n1. The van der Waals surface area contributed by atoms with Gasteiger partial charge in [-0.3, -0.25) is 0 Å². The molecular formula is C17H22N4O2. The van der Waals surface area contributed by atoms with Gasteiger partial charge in [0.15, 0.2) is 0 Å². The normalized spacial score (nSPS) is 10.2. The Balaban J connectivity index is 2.13. The molecule has 0 saturated carbocycles. The number of aromatic nitrogens is 2. The van der Waals surface area contributed by atoms with E-state index in [0.717, 1.165) is 30.9 Å². The minimum absolute atomic E-state index is 0.373. The molecule has 6 nitrogen and oxygen atoms in total. The molecule has 0 amide bonds. The number of hydrogen-bond acceptors (Lipinski definition) is 6. The fraction of sp³-hybridized carbons (Fsp3) is 0.353. The molecule has 23 heavy (non-hydrogen) atoms. The molecule has 1 N–H and O–H groups in total. The molecule has 2 aromatic rings. The monoisotopic (exact) mass is 314 g/mol. The van der Waals surface area contributed by atoms with Gasteiger partial charge in [0.1, 0.15) is 5.82 Å². The van der Waals surface area contributed by atoms with Crippen LogP contribution in [0.25, 0.3) is 0 Å². The quantitative estimate of drug-likeness (QED) is 0.791. The van der Waals surface area contributed by atoms with Crippen LogP contribution in [0.3, 0.4) is 0 Å². The summed E-state index contributed by atoms with van der Waals surface area (Å²) >= 11 is 0. The van der Waals surface area contributed by atoms with Crippen LogP contribution in [0.15, 0.2) is 36.5 Å². The topological polar surface area (TPSA) is 67.4 Å². The molecule has 0 fully saturated rings. The second-order valence-corrected chi connectivity index (χ2v) is 5.21. The third-order valence-corrected chi connectivity index (χ3v) is 3.42. The first-order valence-corrected chi connectivity index (χ1v) is 7.63. The highest BCUT2D eigenvalue weighted by Gasteiger charge is 2.08. The highest BCUT2D eigenvalue weighted by Crippen LogP contribution is 2.17. The van der Waals surface area contributed by atoms with Crippen molar-refractivity contribution in [2.45, 2.75) is 19.8 Å². The van der Waals surface area contributed by atoms with Crippen LogP contribution in [0.2, 0.25) is 0 Å². The van der Waals surface area contributed by atoms with Gasteiger partial charge in [-0.15, -0.1) is 0 Å². The average Bonchev–Trinajstić information content (AvgIpc) is 2.59. The molecule has 1 aromatic heterocycles. The molecule has 122 valence electrons. The minimum Gasteiger partial charge on any atom is -0.465 e. The van der Waals surface area contributed by atoms with Gasteiger partial charge in [-0.05, 0) is 30.7 Å². The predicted molar refractivity (Wildman–Crippen MR) is 91.3 cm³/mol. The van der Waals surface area contributed by atoms with E-state index in [1.165, 1.54) is 7.11 Å². The van der Waals surface area contributed by atoms with E-state index in [-0.39, 0.29) is 5.97 Å². The van der Waals surface area contributed by atoms with Crippen LogP contribution in [0, 0.1) is 0 Å². The summed E-state index contributed by atoms with van der Waals surface area (Å²) in [6, 6.07) is 8.93. The number of esters is 1. The Morgan fingerprint density at radius 1 is 1.35 bits per heavy atom. The summed E-state index contributed by atoms with van der Waals surface area (Å²) < 4.78 is 4.72. The van der Waals surface area contributed by atoms with Crippen molar-refractivity contribution in [1.82, 2.24) is 9.97 Å². The number of carbonyl (C=O) groups is 1. The summed E-state index contributed by atoms with van der Waals surface area (Å²) in [6.45, 7) is 3.11. The first kappa shape index (κ1) is 16.7. The first-order chi connectivity index (χ1) is 11.1. The van der Waals surface area contributed by atoms with Gasteiger partial charge in [-0.25, -0.2) is 9.78 Å². The zero-order valence-electron chi connectivity index (χ0n) is 13.7. The number of nitrogens with zero attached hydrogens (tertiary/aromatic N) is 3. The summed E-state index contributed by atoms with van der Waals surface area (Å²) in [5.74, 6) is 0.982. The molecule has 0 aliphatic carbocycles. The number of hydrogen-bond donors (Lipinski definition) is 1. The molecule has 2 rings (SSSR count). The van der Waals surface area contributed by atoms with Crippen LogP contribution in [0.4, 0.5) is 17.5 Å². The summed E-state index contributed by atoms with van der Waals surface area (Å²) in [6.07, 6.45) is 3.97. The van der Waals surface area contributed by atoms with Gasteiger partial charge >= 0.3 is 5.97 Å². The molecular weight excluding hydrogens is 292 g/mol. The van der Waals surface area contributed by atoms with Gasteiger partial charge in [0, 0.05) is 25.5 Å². The first-order valence-electron chi connectivity index (χ1n) is 7.63. The zero-order valence-corrected chi connectivity index (χ0v) is 13.7. The fourth-order valence-corrected chi connectivity index (χ4v) is 2.10. The summed E-state index contributed by atoms with van der Waals surface area (Å²) in [5, 5.41) is 3.12. The van der Waals surface area contributed by atoms with Crippen molar-refractivity contribution in [1.29, 1.82) is 0 Å². The molecule has 0 aliphatic rings. The molecule has 0 saturated heterocycles. The molecule has 0 bridgehead atoms. The Morgan fingerprint density at radius 2 is 2.17 bits per heavy atom. The lowest BCUT2D eigenvalue weighted by atomic mass is 10.2. The maximum absolute atomic E-state index is 11.6. The lowest BCUT2D eigenvalue weighted by Crippen LogP contribution is -2.20. The van der Waals surface area contributed by atoms with Crippen LogP contribution in [-0.2, 0) is 4.74 Å². The number of unbranched alkanes of at least 4 members (excludes halogenated alkanes) is 1. The van der Waals surface area contributed by atoms with E-state index in [0.29, 0.717) is 11.5 Å². The summed E-state index contributed by atoms with van der Waals surface area (Å²) in [7, 11) is 3.38. The van der Waals surface area contributed by atoms with E-state index in [9.17, 15) is 4.79 Å². The van der Waals surface area contributed by atoms with Crippen molar-refractivity contribution in [3.05, 3.63) is 42.1 Å². The molecule has 0 unspecified atom stereocenters. The largest absolute Gasteiger partial charge is 0.465 e.